The molecule has 1 aliphatic rings. The van der Waals surface area contributed by atoms with Gasteiger partial charge in [-0.3, -0.25) is 14.3 Å². The van der Waals surface area contributed by atoms with Crippen LogP contribution in [0.25, 0.3) is 5.69 Å². The van der Waals surface area contributed by atoms with E-state index in [1.807, 2.05) is 6.79 Å². The van der Waals surface area contributed by atoms with Gasteiger partial charge in [-0.15, -0.1) is 0 Å². The van der Waals surface area contributed by atoms with Gasteiger partial charge in [0.05, 0.1) is 12.2 Å². The number of rotatable bonds is 4. The summed E-state index contributed by atoms with van der Waals surface area (Å²) in [5, 5.41) is 0. The molecule has 8 heteroatoms. The van der Waals surface area contributed by atoms with Crippen molar-refractivity contribution in [1.29, 1.82) is 0 Å². The monoisotopic (exact) mass is 383 g/mol. The highest BCUT2D eigenvalue weighted by atomic mass is 19.3. The summed E-state index contributed by atoms with van der Waals surface area (Å²) < 4.78 is 40.6. The minimum absolute atomic E-state index is 0.0877. The molecule has 0 saturated carbocycles. The maximum Gasteiger partial charge on any atom is 0.255 e. The van der Waals surface area contributed by atoms with Crippen LogP contribution in [0.2, 0.25) is 0 Å². The van der Waals surface area contributed by atoms with E-state index in [9.17, 15) is 18.0 Å². The second-order valence-electron chi connectivity index (χ2n) is 5.75. The molecule has 2 aromatic rings. The van der Waals surface area contributed by atoms with Crippen molar-refractivity contribution in [2.45, 2.75) is 18.8 Å². The molecule has 1 atom stereocenters. The van der Waals surface area contributed by atoms with Gasteiger partial charge in [-0.25, -0.2) is 13.2 Å². The van der Waals surface area contributed by atoms with Crippen LogP contribution in [0.5, 0.6) is 0 Å². The number of pyridine rings is 1. The number of likely N-dealkylation sites (tertiary alicyclic amines) is 1. The smallest absolute Gasteiger partial charge is 0.255 e. The summed E-state index contributed by atoms with van der Waals surface area (Å²) in [6.45, 7) is 2.72. The Morgan fingerprint density at radius 3 is 2.52 bits per heavy atom. The number of carbonyl (C=O) groups excluding carboxylic acids is 1. The number of aromatic nitrogens is 1. The zero-order valence-corrected chi connectivity index (χ0v) is 15.2. The number of hydrogen-bond donors (Lipinski definition) is 1. The molecule has 148 valence electrons. The summed E-state index contributed by atoms with van der Waals surface area (Å²) in [6, 6.07) is 9.40. The fourth-order valence-corrected chi connectivity index (χ4v) is 3.09. The van der Waals surface area contributed by atoms with Crippen LogP contribution in [0.1, 0.15) is 17.9 Å². The number of halogens is 3. The van der Waals surface area contributed by atoms with Crippen LogP contribution in [-0.2, 0) is 4.79 Å². The van der Waals surface area contributed by atoms with E-state index in [2.05, 4.69) is 5.73 Å². The molecule has 5 nitrogen and oxygen atoms in total. The third-order valence-corrected chi connectivity index (χ3v) is 4.19. The van der Waals surface area contributed by atoms with Crippen LogP contribution >= 0.6 is 0 Å². The van der Waals surface area contributed by atoms with E-state index in [4.69, 9.17) is 4.79 Å². The molecular formula is C19H24F3N3O2. The minimum Gasteiger partial charge on any atom is -0.333 e. The van der Waals surface area contributed by atoms with Crippen molar-refractivity contribution in [3.05, 3.63) is 64.3 Å². The van der Waals surface area contributed by atoms with Gasteiger partial charge in [-0.1, -0.05) is 12.1 Å². The lowest BCUT2D eigenvalue weighted by Gasteiger charge is -2.16. The highest BCUT2D eigenvalue weighted by molar-refractivity contribution is 5.38. The van der Waals surface area contributed by atoms with Crippen LogP contribution in [0.15, 0.2) is 47.4 Å². The molecule has 1 aromatic heterocycles. The van der Waals surface area contributed by atoms with Crippen molar-refractivity contribution >= 4 is 6.79 Å². The summed E-state index contributed by atoms with van der Waals surface area (Å²) in [5.41, 5.74) is 5.25. The topological polar surface area (TPSA) is 68.3 Å². The Bertz CT molecular complexity index is 768. The fraction of sp³-hybridized carbons (Fsp3) is 0.368. The van der Waals surface area contributed by atoms with Gasteiger partial charge in [0, 0.05) is 24.7 Å². The van der Waals surface area contributed by atoms with Gasteiger partial charge >= 0.3 is 0 Å². The van der Waals surface area contributed by atoms with Gasteiger partial charge in [-0.2, -0.15) is 0 Å². The summed E-state index contributed by atoms with van der Waals surface area (Å²) in [6.07, 6.45) is -0.128. The number of alkyl halides is 2. The van der Waals surface area contributed by atoms with Gasteiger partial charge in [0.15, 0.2) is 0 Å². The number of benzene rings is 1. The molecule has 27 heavy (non-hydrogen) atoms. The van der Waals surface area contributed by atoms with Crippen molar-refractivity contribution in [3.8, 4) is 5.69 Å². The molecule has 1 fully saturated rings. The SMILES string of the molecule is C=O.CN.O=c1ccccn1-c1ccc(C2CCN(CC(F)F)C2)c(F)c1. The van der Waals surface area contributed by atoms with Crippen LogP contribution in [0, 0.1) is 5.82 Å². The van der Waals surface area contributed by atoms with Crippen LogP contribution in [0.4, 0.5) is 13.2 Å². The van der Waals surface area contributed by atoms with Crippen molar-refractivity contribution in [2.75, 3.05) is 26.7 Å². The predicted octanol–water partition coefficient (Wildman–Crippen LogP) is 2.42. The first-order valence-corrected chi connectivity index (χ1v) is 8.39. The van der Waals surface area contributed by atoms with E-state index in [0.29, 0.717) is 30.8 Å². The van der Waals surface area contributed by atoms with Gasteiger partial charge in [0.1, 0.15) is 12.6 Å². The maximum atomic E-state index is 14.4. The third-order valence-electron chi connectivity index (χ3n) is 4.19. The fourth-order valence-electron chi connectivity index (χ4n) is 3.09. The molecule has 0 amide bonds. The molecule has 2 heterocycles. The summed E-state index contributed by atoms with van der Waals surface area (Å²) in [5.74, 6) is -0.488. The van der Waals surface area contributed by atoms with Gasteiger partial charge in [0.25, 0.3) is 12.0 Å². The largest absolute Gasteiger partial charge is 0.333 e. The lowest BCUT2D eigenvalue weighted by molar-refractivity contribution is -0.0980. The van der Waals surface area contributed by atoms with Crippen molar-refractivity contribution in [3.63, 3.8) is 0 Å². The Kier molecular flexibility index (Phi) is 9.46. The lowest BCUT2D eigenvalue weighted by atomic mass is 9.97. The van der Waals surface area contributed by atoms with Crippen LogP contribution in [-0.4, -0.2) is 49.4 Å². The zero-order valence-electron chi connectivity index (χ0n) is 15.2. The van der Waals surface area contributed by atoms with Crippen molar-refractivity contribution in [1.82, 2.24) is 9.47 Å². The zero-order chi connectivity index (χ0) is 20.4. The quantitative estimate of drug-likeness (QED) is 0.881. The second-order valence-corrected chi connectivity index (χ2v) is 5.75. The Balaban J connectivity index is 0.000000855. The molecule has 0 radical (unpaired) electrons. The van der Waals surface area contributed by atoms with Gasteiger partial charge in [-0.05, 0) is 43.8 Å². The first-order valence-electron chi connectivity index (χ1n) is 8.39. The molecule has 1 unspecified atom stereocenters. The van der Waals surface area contributed by atoms with E-state index in [1.54, 1.807) is 35.4 Å². The number of nitrogens with two attached hydrogens (primary N) is 1. The maximum absolute atomic E-state index is 14.4. The normalized spacial score (nSPS) is 16.3. The average Bonchev–Trinajstić information content (AvgIpc) is 3.12. The molecule has 0 spiro atoms. The molecular weight excluding hydrogens is 359 g/mol. The summed E-state index contributed by atoms with van der Waals surface area (Å²) in [4.78, 5) is 21.4. The Labute approximate surface area is 156 Å². The van der Waals surface area contributed by atoms with Crippen LogP contribution in [0.3, 0.4) is 0 Å². The minimum atomic E-state index is -2.37. The molecule has 0 bridgehead atoms. The average molecular weight is 383 g/mol. The lowest BCUT2D eigenvalue weighted by Crippen LogP contribution is -2.26. The van der Waals surface area contributed by atoms with Gasteiger partial charge < -0.3 is 10.5 Å². The molecule has 1 aliphatic heterocycles. The van der Waals surface area contributed by atoms with E-state index >= 15 is 0 Å². The van der Waals surface area contributed by atoms with E-state index in [0.717, 1.165) is 0 Å². The number of carbonyl (C=O) groups is 1. The first kappa shape index (κ1) is 22.6. The molecule has 1 saturated heterocycles. The molecule has 2 N–H and O–H groups in total. The van der Waals surface area contributed by atoms with Crippen LogP contribution < -0.4 is 11.3 Å². The highest BCUT2D eigenvalue weighted by Gasteiger charge is 2.27. The summed E-state index contributed by atoms with van der Waals surface area (Å²) in [7, 11) is 1.50. The number of nitrogens with zero attached hydrogens (tertiary/aromatic N) is 2. The van der Waals surface area contributed by atoms with Crippen molar-refractivity contribution < 1.29 is 18.0 Å². The Morgan fingerprint density at radius 1 is 1.22 bits per heavy atom. The van der Waals surface area contributed by atoms with Crippen molar-refractivity contribution in [2.24, 2.45) is 5.73 Å². The Morgan fingerprint density at radius 2 is 1.93 bits per heavy atom. The van der Waals surface area contributed by atoms with Gasteiger partial charge in [0.2, 0.25) is 0 Å². The molecule has 0 aliphatic carbocycles. The molecule has 1 aromatic carbocycles. The number of hydrogen-bond acceptors (Lipinski definition) is 4. The van der Waals surface area contributed by atoms with E-state index in [1.165, 1.54) is 23.7 Å². The highest BCUT2D eigenvalue weighted by Crippen LogP contribution is 2.30. The third kappa shape index (κ3) is 6.04. The van der Waals surface area contributed by atoms with E-state index < -0.39 is 12.2 Å². The molecule has 3 rings (SSSR count). The predicted molar refractivity (Wildman–Crippen MR) is 99.0 cm³/mol. The van der Waals surface area contributed by atoms with E-state index in [-0.39, 0.29) is 18.0 Å². The first-order chi connectivity index (χ1) is 13.0. The summed E-state index contributed by atoms with van der Waals surface area (Å²) >= 11 is 0. The second kappa shape index (κ2) is 11.3. The Hall–Kier alpha value is -2.45. The standard InChI is InChI=1S/C17H17F3N2O.CH5N.CH2O/c18-15-9-13(22-7-2-1-3-17(22)23)4-5-14(15)12-6-8-21(10-12)11-16(19)20;2*1-2/h1-5,7,9,12,16H,6,8,10-11H2;2H2,1H3;1H2.